The van der Waals surface area contributed by atoms with Crippen molar-refractivity contribution in [2.45, 2.75) is 37.6 Å². The molecule has 36 heavy (non-hydrogen) atoms. The number of fused-ring (bicyclic) bond motifs is 1. The summed E-state index contributed by atoms with van der Waals surface area (Å²) in [6, 6.07) is 5.31. The number of hydrogen-bond donors (Lipinski definition) is 1. The molecule has 1 amide bonds. The Labute approximate surface area is 221 Å². The first-order chi connectivity index (χ1) is 17.0. The highest BCUT2D eigenvalue weighted by molar-refractivity contribution is 9.11. The van der Waals surface area contributed by atoms with Gasteiger partial charge < -0.3 is 9.80 Å². The van der Waals surface area contributed by atoms with Gasteiger partial charge >= 0.3 is 0 Å². The maximum absolute atomic E-state index is 13.5. The van der Waals surface area contributed by atoms with Gasteiger partial charge in [-0.15, -0.1) is 10.2 Å². The maximum atomic E-state index is 13.5. The van der Waals surface area contributed by atoms with Crippen molar-refractivity contribution in [2.24, 2.45) is 11.8 Å². The summed E-state index contributed by atoms with van der Waals surface area (Å²) in [7, 11) is -4.01. The van der Waals surface area contributed by atoms with Crippen molar-refractivity contribution in [3.8, 4) is 11.2 Å². The molecular weight excluding hydrogens is 568 g/mol. The van der Waals surface area contributed by atoms with Crippen molar-refractivity contribution < 1.29 is 13.2 Å². The number of carbonyl (C=O) groups is 1. The lowest BCUT2D eigenvalue weighted by Gasteiger charge is -2.37. The van der Waals surface area contributed by atoms with E-state index in [2.05, 4.69) is 46.9 Å². The largest absolute Gasteiger partial charge is 0.367 e. The molecule has 1 aromatic carbocycles. The van der Waals surface area contributed by atoms with E-state index in [0.717, 1.165) is 5.39 Å². The topological polar surface area (TPSA) is 137 Å². The monoisotopic (exact) mass is 592 g/mol. The first kappa shape index (κ1) is 25.1. The van der Waals surface area contributed by atoms with Crippen molar-refractivity contribution in [2.75, 3.05) is 31.1 Å². The van der Waals surface area contributed by atoms with Gasteiger partial charge in [-0.25, -0.2) is 13.1 Å². The number of carbonyl (C=O) groups excluding carboxylic acids is 1. The molecule has 3 aromatic rings. The van der Waals surface area contributed by atoms with E-state index in [1.54, 1.807) is 23.0 Å². The molecule has 14 heteroatoms. The van der Waals surface area contributed by atoms with Crippen LogP contribution in [0.4, 0.5) is 5.69 Å². The molecule has 1 N–H and O–H groups in total. The summed E-state index contributed by atoms with van der Waals surface area (Å²) in [5.74, 6) is -0.0313. The Bertz CT molecular complexity index is 1490. The molecule has 0 radical (unpaired) electrons. The smallest absolute Gasteiger partial charge is 0.242 e. The van der Waals surface area contributed by atoms with Crippen LogP contribution in [0.25, 0.3) is 16.0 Å². The molecule has 3 heterocycles. The SMILES string of the molecule is CC(C)C(=O)N1CCN(c2cc(S(=O)(=O)NC3(C#N)CC3C)cc3c2cnn3-c2nnc(Br)s2)CC1. The van der Waals surface area contributed by atoms with Crippen LogP contribution < -0.4 is 9.62 Å². The molecule has 2 aromatic heterocycles. The lowest BCUT2D eigenvalue weighted by atomic mass is 10.1. The average molecular weight is 594 g/mol. The molecule has 2 atom stereocenters. The molecule has 1 saturated carbocycles. The number of aromatic nitrogens is 4. The van der Waals surface area contributed by atoms with E-state index >= 15 is 0 Å². The number of piperazine rings is 1. The van der Waals surface area contributed by atoms with Crippen LogP contribution in [0.3, 0.4) is 0 Å². The number of benzene rings is 1. The molecule has 1 aliphatic heterocycles. The number of nitrogens with one attached hydrogen (secondary N) is 1. The van der Waals surface area contributed by atoms with Crippen LogP contribution in [-0.2, 0) is 14.8 Å². The number of hydrogen-bond acceptors (Lipinski definition) is 9. The van der Waals surface area contributed by atoms with E-state index in [-0.39, 0.29) is 22.6 Å². The fraction of sp³-hybridized carbons (Fsp3) is 0.500. The standard InChI is InChI=1S/C22H25BrN8O3S2/c1-13(2)19(32)30-6-4-29(5-7-30)17-8-15(36(33,34)28-22(12-24)10-14(22)3)9-18-16(17)11-25-31(18)21-27-26-20(23)35-21/h8-9,11,13-14,28H,4-7,10H2,1-3H3. The van der Waals surface area contributed by atoms with Crippen LogP contribution in [0.1, 0.15) is 27.2 Å². The van der Waals surface area contributed by atoms with Gasteiger partial charge in [0.15, 0.2) is 3.92 Å². The van der Waals surface area contributed by atoms with E-state index in [4.69, 9.17) is 0 Å². The van der Waals surface area contributed by atoms with Gasteiger partial charge in [-0.3, -0.25) is 4.79 Å². The molecular formula is C22H25BrN8O3S2. The van der Waals surface area contributed by atoms with Crippen molar-refractivity contribution in [1.29, 1.82) is 5.26 Å². The molecule has 1 aliphatic carbocycles. The quantitative estimate of drug-likeness (QED) is 0.461. The van der Waals surface area contributed by atoms with Crippen LogP contribution in [0, 0.1) is 23.2 Å². The molecule has 5 rings (SSSR count). The number of nitrogens with zero attached hydrogens (tertiary/aromatic N) is 7. The van der Waals surface area contributed by atoms with E-state index in [0.29, 0.717) is 52.9 Å². The molecule has 190 valence electrons. The van der Waals surface area contributed by atoms with E-state index < -0.39 is 15.6 Å². The summed E-state index contributed by atoms with van der Waals surface area (Å²) in [5, 5.41) is 23.4. The van der Waals surface area contributed by atoms with Gasteiger partial charge in [-0.2, -0.15) is 15.1 Å². The lowest BCUT2D eigenvalue weighted by molar-refractivity contribution is -0.134. The summed E-state index contributed by atoms with van der Waals surface area (Å²) < 4.78 is 31.7. The highest BCUT2D eigenvalue weighted by Crippen LogP contribution is 2.44. The van der Waals surface area contributed by atoms with E-state index in [9.17, 15) is 18.5 Å². The highest BCUT2D eigenvalue weighted by atomic mass is 79.9. The number of nitriles is 1. The first-order valence-electron chi connectivity index (χ1n) is 11.5. The lowest BCUT2D eigenvalue weighted by Crippen LogP contribution is -2.50. The van der Waals surface area contributed by atoms with Gasteiger partial charge in [0.2, 0.25) is 21.1 Å². The van der Waals surface area contributed by atoms with Crippen molar-refractivity contribution in [1.82, 2.24) is 29.6 Å². The normalized spacial score (nSPS) is 22.3. The highest BCUT2D eigenvalue weighted by Gasteiger charge is 2.54. The van der Waals surface area contributed by atoms with Crippen LogP contribution in [-0.4, -0.2) is 70.9 Å². The number of halogens is 1. The predicted octanol–water partition coefficient (Wildman–Crippen LogP) is 2.52. The minimum atomic E-state index is -4.01. The Morgan fingerprint density at radius 2 is 1.97 bits per heavy atom. The van der Waals surface area contributed by atoms with E-state index in [1.165, 1.54) is 11.3 Å². The summed E-state index contributed by atoms with van der Waals surface area (Å²) in [6.07, 6.45) is 2.16. The Kier molecular flexibility index (Phi) is 6.30. The van der Waals surface area contributed by atoms with Gasteiger partial charge in [-0.05, 0) is 40.4 Å². The molecule has 0 bridgehead atoms. The number of rotatable bonds is 6. The Balaban J connectivity index is 1.57. The number of sulfonamides is 1. The van der Waals surface area contributed by atoms with Crippen molar-refractivity contribution in [3.05, 3.63) is 22.2 Å². The Hall–Kier alpha value is -2.60. The third-order valence-electron chi connectivity index (χ3n) is 6.77. The van der Waals surface area contributed by atoms with Gasteiger partial charge in [0, 0.05) is 43.2 Å². The number of amides is 1. The Morgan fingerprint density at radius 1 is 1.28 bits per heavy atom. The van der Waals surface area contributed by atoms with Gasteiger partial charge in [0.1, 0.15) is 5.54 Å². The molecule has 0 spiro atoms. The molecule has 2 aliphatic rings. The fourth-order valence-corrected chi connectivity index (χ4v) is 7.03. The third-order valence-corrected chi connectivity index (χ3v) is 9.59. The van der Waals surface area contributed by atoms with Gasteiger partial charge in [0.05, 0.1) is 22.7 Å². The first-order valence-corrected chi connectivity index (χ1v) is 14.6. The van der Waals surface area contributed by atoms with Crippen LogP contribution in [0.2, 0.25) is 0 Å². The van der Waals surface area contributed by atoms with Crippen molar-refractivity contribution >= 4 is 59.8 Å². The summed E-state index contributed by atoms with van der Waals surface area (Å²) >= 11 is 4.59. The predicted molar refractivity (Wildman–Crippen MR) is 138 cm³/mol. The molecule has 1 saturated heterocycles. The number of anilines is 1. The van der Waals surface area contributed by atoms with Crippen molar-refractivity contribution in [3.63, 3.8) is 0 Å². The summed E-state index contributed by atoms with van der Waals surface area (Å²) in [4.78, 5) is 16.4. The second kappa shape index (κ2) is 9.05. The summed E-state index contributed by atoms with van der Waals surface area (Å²) in [5.41, 5.74) is 0.183. The fourth-order valence-electron chi connectivity index (χ4n) is 4.51. The molecule has 2 unspecified atom stereocenters. The van der Waals surface area contributed by atoms with E-state index in [1.807, 2.05) is 25.7 Å². The maximum Gasteiger partial charge on any atom is 0.242 e. The van der Waals surface area contributed by atoms with Crippen LogP contribution >= 0.6 is 27.3 Å². The Morgan fingerprint density at radius 3 is 2.53 bits per heavy atom. The minimum Gasteiger partial charge on any atom is -0.367 e. The molecule has 11 nitrogen and oxygen atoms in total. The molecule has 2 fully saturated rings. The van der Waals surface area contributed by atoms with Crippen LogP contribution in [0.15, 0.2) is 27.1 Å². The zero-order chi connectivity index (χ0) is 25.8. The second-order valence-corrected chi connectivity index (χ2v) is 13.4. The zero-order valence-electron chi connectivity index (χ0n) is 20.0. The minimum absolute atomic E-state index is 0.0461. The van der Waals surface area contributed by atoms with Gasteiger partial charge in [-0.1, -0.05) is 32.1 Å². The second-order valence-electron chi connectivity index (χ2n) is 9.53. The third kappa shape index (κ3) is 4.38. The average Bonchev–Trinajstić information content (AvgIpc) is 3.17. The summed E-state index contributed by atoms with van der Waals surface area (Å²) in [6.45, 7) is 7.81. The van der Waals surface area contributed by atoms with Crippen LogP contribution in [0.5, 0.6) is 0 Å². The van der Waals surface area contributed by atoms with Gasteiger partial charge in [0.25, 0.3) is 0 Å². The zero-order valence-corrected chi connectivity index (χ0v) is 23.2.